The number of rotatable bonds is 3. The Morgan fingerprint density at radius 2 is 1.19 bits per heavy atom. The highest BCUT2D eigenvalue weighted by atomic mass is 15.3. The molecule has 11 rings (SSSR count). The van der Waals surface area contributed by atoms with Crippen molar-refractivity contribution in [2.45, 2.75) is 57.4 Å². The van der Waals surface area contributed by atoms with E-state index < -0.39 is 0 Å². The molecule has 2 nitrogen and oxygen atoms in total. The third kappa shape index (κ3) is 3.97. The van der Waals surface area contributed by atoms with Gasteiger partial charge in [-0.25, -0.2) is 0 Å². The zero-order valence-electron chi connectivity index (χ0n) is 30.2. The highest BCUT2D eigenvalue weighted by Gasteiger charge is 2.61. The molecule has 250 valence electrons. The summed E-state index contributed by atoms with van der Waals surface area (Å²) >= 11 is 0. The molecular weight excluding hydrogens is 627 g/mol. The number of fused-ring (bicyclic) bond motifs is 8. The third-order valence-electron chi connectivity index (χ3n) is 13.4. The monoisotopic (exact) mass is 668 g/mol. The van der Waals surface area contributed by atoms with Gasteiger partial charge in [-0.3, -0.25) is 0 Å². The first-order chi connectivity index (χ1) is 25.4. The van der Waals surface area contributed by atoms with Crippen LogP contribution in [0.4, 0.5) is 22.7 Å². The smallest absolute Gasteiger partial charge is 0.333 e. The lowest BCUT2D eigenvalue weighted by atomic mass is 9.43. The van der Waals surface area contributed by atoms with Crippen molar-refractivity contribution in [3.8, 4) is 33.4 Å². The van der Waals surface area contributed by atoms with Crippen LogP contribution in [0, 0.1) is 6.92 Å². The van der Waals surface area contributed by atoms with Crippen molar-refractivity contribution in [2.75, 3.05) is 9.71 Å². The Morgan fingerprint density at radius 1 is 0.558 bits per heavy atom. The van der Waals surface area contributed by atoms with Gasteiger partial charge in [0, 0.05) is 33.7 Å². The highest BCUT2D eigenvalue weighted by molar-refractivity contribution is 6.93. The van der Waals surface area contributed by atoms with Crippen LogP contribution in [-0.2, 0) is 5.41 Å². The highest BCUT2D eigenvalue weighted by Crippen LogP contribution is 2.62. The summed E-state index contributed by atoms with van der Waals surface area (Å²) in [6.45, 7) is 7.48. The van der Waals surface area contributed by atoms with E-state index in [-0.39, 0.29) is 17.8 Å². The Labute approximate surface area is 307 Å². The SMILES string of the molecule is Cc1cc2c3c(c1)N1c4c(cc(-c5ccccc5)cc4C4(C)CCCCC14C)B3N(c1ccc(-c3ccccc3)cc1)c1cc3ccccc3cc1-2. The van der Waals surface area contributed by atoms with Crippen LogP contribution in [-0.4, -0.2) is 12.4 Å². The van der Waals surface area contributed by atoms with Gasteiger partial charge < -0.3 is 9.71 Å². The first kappa shape index (κ1) is 30.1. The minimum Gasteiger partial charge on any atom is -0.376 e. The van der Waals surface area contributed by atoms with Crippen molar-refractivity contribution in [2.24, 2.45) is 0 Å². The fraction of sp³-hybridized carbons (Fsp3) is 0.184. The van der Waals surface area contributed by atoms with Gasteiger partial charge in [-0.05, 0) is 124 Å². The second kappa shape index (κ2) is 10.7. The second-order valence-corrected chi connectivity index (χ2v) is 16.1. The van der Waals surface area contributed by atoms with E-state index in [0.717, 1.165) is 0 Å². The van der Waals surface area contributed by atoms with Gasteiger partial charge in [-0.2, -0.15) is 0 Å². The largest absolute Gasteiger partial charge is 0.376 e. The minimum atomic E-state index is -0.0179. The average Bonchev–Trinajstić information content (AvgIpc) is 3.40. The summed E-state index contributed by atoms with van der Waals surface area (Å²) in [6, 6.07) is 55.1. The lowest BCUT2D eigenvalue weighted by molar-refractivity contribution is 0.195. The van der Waals surface area contributed by atoms with E-state index in [0.29, 0.717) is 0 Å². The summed E-state index contributed by atoms with van der Waals surface area (Å²) in [4.78, 5) is 5.53. The van der Waals surface area contributed by atoms with E-state index in [4.69, 9.17) is 0 Å². The molecule has 7 aromatic rings. The topological polar surface area (TPSA) is 6.48 Å². The van der Waals surface area contributed by atoms with E-state index in [1.54, 1.807) is 0 Å². The molecule has 0 N–H and O–H groups in total. The Balaban J connectivity index is 1.25. The van der Waals surface area contributed by atoms with Crippen LogP contribution in [0.5, 0.6) is 0 Å². The van der Waals surface area contributed by atoms with Gasteiger partial charge in [0.2, 0.25) is 0 Å². The Kier molecular flexibility index (Phi) is 6.22. The molecule has 0 spiro atoms. The number of hydrogen-bond acceptors (Lipinski definition) is 2. The quantitative estimate of drug-likeness (QED) is 0.173. The maximum absolute atomic E-state index is 2.84. The number of benzene rings is 7. The van der Waals surface area contributed by atoms with Gasteiger partial charge in [-0.1, -0.05) is 129 Å². The molecule has 1 aliphatic carbocycles. The first-order valence-electron chi connectivity index (χ1n) is 19.1. The van der Waals surface area contributed by atoms with Gasteiger partial charge >= 0.3 is 6.85 Å². The maximum atomic E-state index is 2.84. The summed E-state index contributed by atoms with van der Waals surface area (Å²) in [5, 5.41) is 2.56. The van der Waals surface area contributed by atoms with Crippen molar-refractivity contribution in [1.29, 1.82) is 0 Å². The lowest BCUT2D eigenvalue weighted by Crippen LogP contribution is -2.64. The molecule has 2 atom stereocenters. The molecule has 0 bridgehead atoms. The molecule has 0 saturated heterocycles. The predicted octanol–water partition coefficient (Wildman–Crippen LogP) is 11.5. The number of nitrogens with zero attached hydrogens (tertiary/aromatic N) is 2. The fourth-order valence-electron chi connectivity index (χ4n) is 10.7. The van der Waals surface area contributed by atoms with Crippen LogP contribution in [0.2, 0.25) is 0 Å². The summed E-state index contributed by atoms with van der Waals surface area (Å²) in [5.74, 6) is 0. The van der Waals surface area contributed by atoms with Crippen LogP contribution in [0.15, 0.2) is 146 Å². The van der Waals surface area contributed by atoms with Crippen LogP contribution >= 0.6 is 0 Å². The molecule has 0 amide bonds. The zero-order valence-corrected chi connectivity index (χ0v) is 30.2. The lowest BCUT2D eigenvalue weighted by Gasteiger charge is -2.53. The molecular formula is C49H41BN2. The van der Waals surface area contributed by atoms with E-state index in [1.165, 1.54) is 115 Å². The minimum absolute atomic E-state index is 0.0165. The molecule has 1 saturated carbocycles. The summed E-state index contributed by atoms with van der Waals surface area (Å²) in [6.07, 6.45) is 4.94. The number of anilines is 4. The van der Waals surface area contributed by atoms with Gasteiger partial charge in [0.15, 0.2) is 0 Å². The summed E-state index contributed by atoms with van der Waals surface area (Å²) in [5.41, 5.74) is 18.9. The summed E-state index contributed by atoms with van der Waals surface area (Å²) in [7, 11) is 0. The van der Waals surface area contributed by atoms with Gasteiger partial charge in [0.1, 0.15) is 0 Å². The van der Waals surface area contributed by atoms with Gasteiger partial charge in [-0.15, -0.1) is 0 Å². The molecule has 3 heterocycles. The van der Waals surface area contributed by atoms with Crippen molar-refractivity contribution >= 4 is 51.3 Å². The van der Waals surface area contributed by atoms with E-state index in [9.17, 15) is 0 Å². The average molecular weight is 669 g/mol. The number of aryl methyl sites for hydroxylation is 1. The summed E-state index contributed by atoms with van der Waals surface area (Å²) < 4.78 is 0. The van der Waals surface area contributed by atoms with Crippen molar-refractivity contribution in [1.82, 2.24) is 0 Å². The van der Waals surface area contributed by atoms with E-state index >= 15 is 0 Å². The predicted molar refractivity (Wildman–Crippen MR) is 221 cm³/mol. The van der Waals surface area contributed by atoms with E-state index in [1.807, 2.05) is 0 Å². The Hall–Kier alpha value is -5.54. The van der Waals surface area contributed by atoms with Gasteiger partial charge in [0.05, 0.1) is 5.54 Å². The van der Waals surface area contributed by atoms with E-state index in [2.05, 4.69) is 176 Å². The third-order valence-corrected chi connectivity index (χ3v) is 13.4. The van der Waals surface area contributed by atoms with Gasteiger partial charge in [0.25, 0.3) is 0 Å². The van der Waals surface area contributed by atoms with Crippen LogP contribution in [0.1, 0.15) is 50.7 Å². The molecule has 0 aromatic heterocycles. The Morgan fingerprint density at radius 3 is 1.92 bits per heavy atom. The second-order valence-electron chi connectivity index (χ2n) is 16.1. The molecule has 2 unspecified atom stereocenters. The Bertz CT molecular complexity index is 2580. The van der Waals surface area contributed by atoms with Crippen molar-refractivity contribution in [3.63, 3.8) is 0 Å². The van der Waals surface area contributed by atoms with Crippen LogP contribution in [0.3, 0.4) is 0 Å². The molecule has 0 radical (unpaired) electrons. The molecule has 52 heavy (non-hydrogen) atoms. The van der Waals surface area contributed by atoms with Crippen molar-refractivity contribution < 1.29 is 0 Å². The number of hydrogen-bond donors (Lipinski definition) is 0. The maximum Gasteiger partial charge on any atom is 0.333 e. The fourth-order valence-corrected chi connectivity index (χ4v) is 10.7. The molecule has 4 aliphatic rings. The van der Waals surface area contributed by atoms with Crippen LogP contribution in [0.25, 0.3) is 44.2 Å². The normalized spacial score (nSPS) is 20.7. The molecule has 3 aliphatic heterocycles. The standard InChI is InChI=1S/C49H41BN2/c1-32-26-41-40-28-36-18-10-11-19-37(36)31-44(40)52(39-22-20-35(21-23-39)33-14-6-4-7-15-33)50-43-30-38(34-16-8-5-9-17-34)29-42-47(43)51(45(27-32)46(41)50)49(3)25-13-12-24-48(42,49)2/h4-11,14-23,26-31H,12-13,24-25H2,1-3H3. The van der Waals surface area contributed by atoms with Crippen molar-refractivity contribution in [3.05, 3.63) is 157 Å². The van der Waals surface area contributed by atoms with Crippen LogP contribution < -0.4 is 20.6 Å². The molecule has 7 aromatic carbocycles. The first-order valence-corrected chi connectivity index (χ1v) is 19.1. The molecule has 3 heteroatoms. The molecule has 1 fully saturated rings. The zero-order chi connectivity index (χ0) is 34.8.